The van der Waals surface area contributed by atoms with Gasteiger partial charge < -0.3 is 23.8 Å². The Morgan fingerprint density at radius 3 is 2.41 bits per heavy atom. The summed E-state index contributed by atoms with van der Waals surface area (Å²) in [7, 11) is 4.35. The number of nitriles is 1. The highest BCUT2D eigenvalue weighted by atomic mass is 19.2. The fourth-order valence-corrected chi connectivity index (χ4v) is 2.98. The second-order valence-electron chi connectivity index (χ2n) is 7.59. The highest BCUT2D eigenvalue weighted by Crippen LogP contribution is 2.40. The number of amides is 1. The first-order chi connectivity index (χ1) is 17.7. The molecule has 194 valence electrons. The molecule has 0 N–H and O–H groups in total. The number of carbonyl (C=O) groups is 1. The van der Waals surface area contributed by atoms with Gasteiger partial charge in [0, 0.05) is 32.1 Å². The Kier molecular flexibility index (Phi) is 8.73. The van der Waals surface area contributed by atoms with Gasteiger partial charge in [0.25, 0.3) is 17.7 Å². The summed E-state index contributed by atoms with van der Waals surface area (Å²) >= 11 is 0. The normalized spacial score (nSPS) is 11.3. The molecule has 3 rings (SSSR count). The van der Waals surface area contributed by atoms with Gasteiger partial charge in [-0.2, -0.15) is 19.0 Å². The molecule has 2 aromatic carbocycles. The highest BCUT2D eigenvalue weighted by Gasteiger charge is 2.28. The Hall–Kier alpha value is -4.53. The number of halogens is 4. The van der Waals surface area contributed by atoms with E-state index >= 15 is 8.78 Å². The molecule has 0 bridgehead atoms. The topological polar surface area (TPSA) is 93.9 Å². The molecular weight excluding hydrogens is 498 g/mol. The summed E-state index contributed by atoms with van der Waals surface area (Å²) in [5.41, 5.74) is 0.322. The molecule has 0 aliphatic heterocycles. The number of hydrogen-bond donors (Lipinski definition) is 0. The smallest absolute Gasteiger partial charge is 0.263 e. The summed E-state index contributed by atoms with van der Waals surface area (Å²) in [6.45, 7) is -1.15. The summed E-state index contributed by atoms with van der Waals surface area (Å²) in [5.74, 6) is -6.68. The van der Waals surface area contributed by atoms with Crippen LogP contribution >= 0.6 is 0 Å². The van der Waals surface area contributed by atoms with Crippen LogP contribution in [-0.4, -0.2) is 50.0 Å². The summed E-state index contributed by atoms with van der Waals surface area (Å²) in [4.78, 5) is 17.3. The molecule has 0 fully saturated rings. The predicted molar refractivity (Wildman–Crippen MR) is 123 cm³/mol. The number of nitrogens with zero attached hydrogens (tertiary/aromatic N) is 3. The van der Waals surface area contributed by atoms with E-state index in [9.17, 15) is 13.6 Å². The lowest BCUT2D eigenvalue weighted by molar-refractivity contribution is 0.0442. The first-order valence-electron chi connectivity index (χ1n) is 10.7. The average molecular weight is 519 g/mol. The second kappa shape index (κ2) is 11.9. The number of benzene rings is 2. The molecule has 1 atom stereocenters. The Morgan fingerprint density at radius 2 is 1.78 bits per heavy atom. The minimum atomic E-state index is -2.39. The van der Waals surface area contributed by atoms with E-state index in [2.05, 4.69) is 9.72 Å². The van der Waals surface area contributed by atoms with Crippen LogP contribution in [0.15, 0.2) is 42.5 Å². The Labute approximate surface area is 209 Å². The third kappa shape index (κ3) is 6.38. The number of rotatable bonds is 10. The summed E-state index contributed by atoms with van der Waals surface area (Å²) in [5, 5.41) is 9.16. The molecule has 37 heavy (non-hydrogen) atoms. The van der Waals surface area contributed by atoms with Gasteiger partial charge in [-0.15, -0.1) is 0 Å². The van der Waals surface area contributed by atoms with Gasteiger partial charge in [0.05, 0.1) is 25.4 Å². The van der Waals surface area contributed by atoms with Crippen LogP contribution in [0, 0.1) is 23.0 Å². The summed E-state index contributed by atoms with van der Waals surface area (Å²) in [6, 6.07) is 11.5. The molecular formula is C25H21F4N3O5. The lowest BCUT2D eigenvalue weighted by Gasteiger charge is -2.17. The first-order valence-corrected chi connectivity index (χ1v) is 10.7. The van der Waals surface area contributed by atoms with Crippen molar-refractivity contribution in [3.63, 3.8) is 0 Å². The van der Waals surface area contributed by atoms with E-state index < -0.39 is 48.6 Å². The standard InChI is InChI=1S/C25H21F4N3O5/c1-32(2)25(33)15-5-4-6-16(12-15)35-23-20(28)22(37-19(27)9-10-26)21(29)24(31-23)36-18-11-14(13-30)7-8-17(18)34-3/h4-8,11-12,19H,9-10H2,1-3H3. The molecule has 8 nitrogen and oxygen atoms in total. The number of methoxy groups -OCH3 is 1. The zero-order valence-electron chi connectivity index (χ0n) is 19.9. The monoisotopic (exact) mass is 519 g/mol. The van der Waals surface area contributed by atoms with E-state index in [1.54, 1.807) is 0 Å². The van der Waals surface area contributed by atoms with E-state index in [1.165, 1.54) is 68.6 Å². The second-order valence-corrected chi connectivity index (χ2v) is 7.59. The molecule has 0 radical (unpaired) electrons. The van der Waals surface area contributed by atoms with Crippen molar-refractivity contribution in [3.05, 3.63) is 65.2 Å². The molecule has 0 saturated heterocycles. The molecule has 1 unspecified atom stereocenters. The number of hydrogen-bond acceptors (Lipinski definition) is 7. The third-order valence-electron chi connectivity index (χ3n) is 4.76. The van der Waals surface area contributed by atoms with Crippen LogP contribution in [0.5, 0.6) is 34.8 Å². The zero-order valence-corrected chi connectivity index (χ0v) is 19.9. The first kappa shape index (κ1) is 27.1. The van der Waals surface area contributed by atoms with Crippen LogP contribution < -0.4 is 18.9 Å². The van der Waals surface area contributed by atoms with Crippen LogP contribution in [0.3, 0.4) is 0 Å². The van der Waals surface area contributed by atoms with Crippen molar-refractivity contribution in [1.29, 1.82) is 5.26 Å². The number of alkyl halides is 2. The molecule has 0 saturated carbocycles. The largest absolute Gasteiger partial charge is 0.493 e. The van der Waals surface area contributed by atoms with Crippen LogP contribution in [0.2, 0.25) is 0 Å². The van der Waals surface area contributed by atoms with Crippen LogP contribution in [0.4, 0.5) is 17.6 Å². The van der Waals surface area contributed by atoms with Crippen LogP contribution in [-0.2, 0) is 0 Å². The molecule has 0 spiro atoms. The number of carbonyl (C=O) groups excluding carboxylic acids is 1. The quantitative estimate of drug-likeness (QED) is 0.324. The number of aromatic nitrogens is 1. The maximum absolute atomic E-state index is 15.2. The van der Waals surface area contributed by atoms with Crippen molar-refractivity contribution >= 4 is 5.91 Å². The summed E-state index contributed by atoms with van der Waals surface area (Å²) < 4.78 is 77.6. The van der Waals surface area contributed by atoms with Crippen molar-refractivity contribution in [2.75, 3.05) is 27.9 Å². The molecule has 0 aliphatic rings. The maximum atomic E-state index is 15.2. The van der Waals surface area contributed by atoms with Crippen molar-refractivity contribution in [1.82, 2.24) is 9.88 Å². The molecule has 1 amide bonds. The van der Waals surface area contributed by atoms with Crippen molar-refractivity contribution in [2.45, 2.75) is 12.8 Å². The van der Waals surface area contributed by atoms with Gasteiger partial charge in [-0.1, -0.05) is 6.07 Å². The van der Waals surface area contributed by atoms with E-state index in [1.807, 2.05) is 6.07 Å². The van der Waals surface area contributed by atoms with Gasteiger partial charge in [0.2, 0.25) is 23.7 Å². The number of ether oxygens (including phenoxy) is 4. The van der Waals surface area contributed by atoms with E-state index in [4.69, 9.17) is 19.5 Å². The van der Waals surface area contributed by atoms with Crippen molar-refractivity contribution < 1.29 is 41.3 Å². The molecule has 3 aromatic rings. The highest BCUT2D eigenvalue weighted by molar-refractivity contribution is 5.94. The molecule has 1 heterocycles. The van der Waals surface area contributed by atoms with Crippen molar-refractivity contribution in [3.8, 4) is 40.8 Å². The number of pyridine rings is 1. The van der Waals surface area contributed by atoms with Gasteiger partial charge in [0.15, 0.2) is 11.5 Å². The van der Waals surface area contributed by atoms with E-state index in [0.29, 0.717) is 0 Å². The van der Waals surface area contributed by atoms with Gasteiger partial charge >= 0.3 is 0 Å². The van der Waals surface area contributed by atoms with Gasteiger partial charge in [0.1, 0.15) is 5.75 Å². The van der Waals surface area contributed by atoms with Gasteiger partial charge in [-0.25, -0.2) is 4.39 Å². The van der Waals surface area contributed by atoms with Gasteiger partial charge in [-0.3, -0.25) is 9.18 Å². The minimum absolute atomic E-state index is 0.0628. The SMILES string of the molecule is COc1ccc(C#N)cc1Oc1nc(Oc2cccc(C(=O)N(C)C)c2)c(F)c(OC(F)CCF)c1F. The lowest BCUT2D eigenvalue weighted by Crippen LogP contribution is -2.21. The third-order valence-corrected chi connectivity index (χ3v) is 4.76. The fraction of sp³-hybridized carbons (Fsp3) is 0.240. The Morgan fingerprint density at radius 1 is 1.08 bits per heavy atom. The van der Waals surface area contributed by atoms with E-state index in [0.717, 1.165) is 0 Å². The van der Waals surface area contributed by atoms with Gasteiger partial charge in [-0.05, 0) is 30.3 Å². The maximum Gasteiger partial charge on any atom is 0.263 e. The molecule has 0 aliphatic carbocycles. The predicted octanol–water partition coefficient (Wildman–Crippen LogP) is 5.56. The molecule has 12 heteroatoms. The fourth-order valence-electron chi connectivity index (χ4n) is 2.98. The Balaban J connectivity index is 2.09. The minimum Gasteiger partial charge on any atom is -0.493 e. The molecule has 1 aromatic heterocycles. The van der Waals surface area contributed by atoms with Crippen LogP contribution in [0.1, 0.15) is 22.3 Å². The summed E-state index contributed by atoms with van der Waals surface area (Å²) in [6.07, 6.45) is -3.19. The lowest BCUT2D eigenvalue weighted by atomic mass is 10.2. The van der Waals surface area contributed by atoms with Crippen LogP contribution in [0.25, 0.3) is 0 Å². The average Bonchev–Trinajstić information content (AvgIpc) is 2.89. The van der Waals surface area contributed by atoms with Crippen molar-refractivity contribution in [2.24, 2.45) is 0 Å². The zero-order chi connectivity index (χ0) is 27.1. The van der Waals surface area contributed by atoms with E-state index in [-0.39, 0.29) is 34.3 Å². The Bertz CT molecular complexity index is 1330.